The van der Waals surface area contributed by atoms with E-state index in [2.05, 4.69) is 30.1 Å². The van der Waals surface area contributed by atoms with Crippen LogP contribution in [-0.4, -0.2) is 65.5 Å². The van der Waals surface area contributed by atoms with Gasteiger partial charge in [0.1, 0.15) is 12.1 Å². The van der Waals surface area contributed by atoms with E-state index in [-0.39, 0.29) is 17.7 Å². The minimum Gasteiger partial charge on any atom is -0.438 e. The quantitative estimate of drug-likeness (QED) is 0.846. The largest absolute Gasteiger partial charge is 0.438 e. The highest BCUT2D eigenvalue weighted by Gasteiger charge is 2.35. The number of rotatable bonds is 5. The summed E-state index contributed by atoms with van der Waals surface area (Å²) in [5, 5.41) is 3.05. The Hall–Kier alpha value is -2.48. The highest BCUT2D eigenvalue weighted by Crippen LogP contribution is 2.23. The molecule has 3 heterocycles. The Balaban J connectivity index is 1.72. The molecule has 8 nitrogen and oxygen atoms in total. The van der Waals surface area contributed by atoms with Crippen molar-refractivity contribution in [2.45, 2.75) is 6.04 Å². The molecule has 2 aromatic rings. The van der Waals surface area contributed by atoms with E-state index >= 15 is 0 Å². The summed E-state index contributed by atoms with van der Waals surface area (Å²) in [4.78, 5) is 28.6. The van der Waals surface area contributed by atoms with E-state index in [1.807, 2.05) is 20.2 Å². The molecule has 1 N–H and O–H groups in total. The topological polar surface area (TPSA) is 87.4 Å². The first kappa shape index (κ1) is 15.4. The number of carbonyl (C=O) groups is 1. The van der Waals surface area contributed by atoms with Crippen LogP contribution in [0.25, 0.3) is 0 Å². The van der Waals surface area contributed by atoms with Crippen molar-refractivity contribution in [1.29, 1.82) is 0 Å². The molecule has 23 heavy (non-hydrogen) atoms. The second kappa shape index (κ2) is 6.74. The molecule has 0 bridgehead atoms. The van der Waals surface area contributed by atoms with Crippen LogP contribution in [0.2, 0.25) is 0 Å². The van der Waals surface area contributed by atoms with E-state index in [9.17, 15) is 4.79 Å². The first-order valence-electron chi connectivity index (χ1n) is 7.48. The van der Waals surface area contributed by atoms with Crippen molar-refractivity contribution in [2.75, 3.05) is 38.6 Å². The third-order valence-corrected chi connectivity index (χ3v) is 3.90. The third kappa shape index (κ3) is 3.65. The Morgan fingerprint density at radius 2 is 2.30 bits per heavy atom. The van der Waals surface area contributed by atoms with Crippen LogP contribution in [0.5, 0.6) is 0 Å². The second-order valence-corrected chi connectivity index (χ2v) is 5.94. The monoisotopic (exact) mass is 316 g/mol. The lowest BCUT2D eigenvalue weighted by molar-refractivity contribution is 0.0900. The van der Waals surface area contributed by atoms with Crippen LogP contribution in [-0.2, 0) is 0 Å². The van der Waals surface area contributed by atoms with Gasteiger partial charge in [-0.05, 0) is 20.2 Å². The van der Waals surface area contributed by atoms with Crippen LogP contribution in [0.1, 0.15) is 10.6 Å². The summed E-state index contributed by atoms with van der Waals surface area (Å²) in [6.07, 6.45) is 5.95. The molecule has 0 aromatic carbocycles. The summed E-state index contributed by atoms with van der Waals surface area (Å²) < 4.78 is 5.07. The van der Waals surface area contributed by atoms with Gasteiger partial charge in [-0.25, -0.2) is 15.0 Å². The number of oxazole rings is 1. The van der Waals surface area contributed by atoms with Crippen molar-refractivity contribution in [3.8, 4) is 0 Å². The molecule has 2 aromatic heterocycles. The summed E-state index contributed by atoms with van der Waals surface area (Å²) in [5.74, 6) is 1.17. The minimum atomic E-state index is -0.235. The van der Waals surface area contributed by atoms with Crippen molar-refractivity contribution < 1.29 is 9.21 Å². The van der Waals surface area contributed by atoms with Crippen LogP contribution in [0, 0.1) is 5.92 Å². The lowest BCUT2D eigenvalue weighted by atomic mass is 10.0. The maximum absolute atomic E-state index is 12.2. The first-order chi connectivity index (χ1) is 11.1. The van der Waals surface area contributed by atoms with Crippen LogP contribution in [0.4, 0.5) is 5.82 Å². The number of nitrogens with one attached hydrogen (secondary N) is 1. The summed E-state index contributed by atoms with van der Waals surface area (Å²) in [6.45, 7) is 2.41. The van der Waals surface area contributed by atoms with Crippen LogP contribution >= 0.6 is 0 Å². The molecule has 2 atom stereocenters. The van der Waals surface area contributed by atoms with Gasteiger partial charge in [-0.2, -0.15) is 0 Å². The summed E-state index contributed by atoms with van der Waals surface area (Å²) in [7, 11) is 4.06. The molecule has 1 saturated heterocycles. The molecule has 1 amide bonds. The molecular formula is C15H20N6O2. The van der Waals surface area contributed by atoms with Gasteiger partial charge < -0.3 is 19.5 Å². The van der Waals surface area contributed by atoms with E-state index in [0.717, 1.165) is 18.9 Å². The number of anilines is 1. The Bertz CT molecular complexity index is 631. The van der Waals surface area contributed by atoms with Gasteiger partial charge in [-0.3, -0.25) is 4.79 Å². The number of aromatic nitrogens is 3. The molecule has 122 valence electrons. The predicted molar refractivity (Wildman–Crippen MR) is 84.0 cm³/mol. The first-order valence-corrected chi connectivity index (χ1v) is 7.48. The number of hydrogen-bond acceptors (Lipinski definition) is 7. The van der Waals surface area contributed by atoms with E-state index in [1.165, 1.54) is 18.9 Å². The van der Waals surface area contributed by atoms with E-state index in [4.69, 9.17) is 4.42 Å². The van der Waals surface area contributed by atoms with Gasteiger partial charge in [-0.1, -0.05) is 0 Å². The van der Waals surface area contributed by atoms with Crippen LogP contribution in [0.15, 0.2) is 35.6 Å². The van der Waals surface area contributed by atoms with Crippen LogP contribution in [0.3, 0.4) is 0 Å². The average Bonchev–Trinajstić information content (AvgIpc) is 3.18. The summed E-state index contributed by atoms with van der Waals surface area (Å²) in [6, 6.07) is 1.90. The highest BCUT2D eigenvalue weighted by molar-refractivity contribution is 5.91. The van der Waals surface area contributed by atoms with Gasteiger partial charge in [-0.15, -0.1) is 0 Å². The van der Waals surface area contributed by atoms with E-state index in [0.29, 0.717) is 12.5 Å². The molecule has 3 rings (SSSR count). The molecule has 0 saturated carbocycles. The zero-order valence-corrected chi connectivity index (χ0v) is 13.2. The smallest absolute Gasteiger partial charge is 0.288 e. The molecule has 0 spiro atoms. The zero-order chi connectivity index (χ0) is 16.2. The fraction of sp³-hybridized carbons (Fsp3) is 0.467. The number of carbonyl (C=O) groups excluding carboxylic acids is 1. The lowest BCUT2D eigenvalue weighted by Gasteiger charge is -2.22. The van der Waals surface area contributed by atoms with Crippen molar-refractivity contribution in [3.05, 3.63) is 36.9 Å². The molecule has 0 aliphatic carbocycles. The minimum absolute atomic E-state index is 0.0185. The number of hydrogen-bond donors (Lipinski definition) is 1. The molecule has 1 aliphatic rings. The predicted octanol–water partition coefficient (Wildman–Crippen LogP) is 0.261. The van der Waals surface area contributed by atoms with Crippen molar-refractivity contribution in [1.82, 2.24) is 25.2 Å². The standard InChI is InChI=1S/C15H20N6O2/c1-20(2)6-11-7-21(14-3-4-16-9-18-14)8-12(11)19-15(22)13-5-17-10-23-13/h3-5,9-12H,6-8H2,1-2H3,(H,19,22)/t11-,12-/m1/s1. The molecule has 1 fully saturated rings. The maximum Gasteiger partial charge on any atom is 0.288 e. The Morgan fingerprint density at radius 1 is 1.43 bits per heavy atom. The SMILES string of the molecule is CN(C)C[C@@H]1CN(c2ccncn2)C[C@H]1NC(=O)c1cnco1. The van der Waals surface area contributed by atoms with E-state index < -0.39 is 0 Å². The summed E-state index contributed by atoms with van der Waals surface area (Å²) in [5.41, 5.74) is 0. The second-order valence-electron chi connectivity index (χ2n) is 5.94. The third-order valence-electron chi connectivity index (χ3n) is 3.90. The van der Waals surface area contributed by atoms with Gasteiger partial charge in [0.2, 0.25) is 5.76 Å². The Morgan fingerprint density at radius 3 is 2.96 bits per heavy atom. The van der Waals surface area contributed by atoms with Gasteiger partial charge >= 0.3 is 0 Å². The number of nitrogens with zero attached hydrogens (tertiary/aromatic N) is 5. The fourth-order valence-electron chi connectivity index (χ4n) is 2.91. The normalized spacial score (nSPS) is 20.9. The number of amides is 1. The van der Waals surface area contributed by atoms with Crippen molar-refractivity contribution in [3.63, 3.8) is 0 Å². The molecule has 0 unspecified atom stereocenters. The highest BCUT2D eigenvalue weighted by atomic mass is 16.3. The Kier molecular flexibility index (Phi) is 4.52. The average molecular weight is 316 g/mol. The maximum atomic E-state index is 12.2. The van der Waals surface area contributed by atoms with Crippen molar-refractivity contribution in [2.24, 2.45) is 5.92 Å². The van der Waals surface area contributed by atoms with Crippen molar-refractivity contribution >= 4 is 11.7 Å². The molecular weight excluding hydrogens is 296 g/mol. The lowest BCUT2D eigenvalue weighted by Crippen LogP contribution is -2.43. The fourth-order valence-corrected chi connectivity index (χ4v) is 2.91. The molecule has 8 heteroatoms. The Labute approximate surface area is 134 Å². The van der Waals surface area contributed by atoms with Gasteiger partial charge in [0.15, 0.2) is 6.39 Å². The van der Waals surface area contributed by atoms with E-state index in [1.54, 1.807) is 6.20 Å². The van der Waals surface area contributed by atoms with Gasteiger partial charge in [0, 0.05) is 31.7 Å². The molecule has 1 aliphatic heterocycles. The molecule has 0 radical (unpaired) electrons. The van der Waals surface area contributed by atoms with Gasteiger partial charge in [0.05, 0.1) is 12.2 Å². The zero-order valence-electron chi connectivity index (χ0n) is 13.2. The summed E-state index contributed by atoms with van der Waals surface area (Å²) >= 11 is 0. The van der Waals surface area contributed by atoms with Crippen LogP contribution < -0.4 is 10.2 Å². The van der Waals surface area contributed by atoms with Gasteiger partial charge in [0.25, 0.3) is 5.91 Å².